The fourth-order valence-corrected chi connectivity index (χ4v) is 6.29. The van der Waals surface area contributed by atoms with Gasteiger partial charge in [-0.2, -0.15) is 18.2 Å². The van der Waals surface area contributed by atoms with Gasteiger partial charge in [-0.15, -0.1) is 0 Å². The average molecular weight is 489 g/mol. The number of carbonyl (C=O) groups excluding carboxylic acids is 1. The van der Waals surface area contributed by atoms with Crippen molar-refractivity contribution < 1.29 is 22.7 Å². The SMILES string of the molecule is O=C1C2COCC(C2)N1CCCNc1nc(NC23CC(c4cccnc4)(C2)C3)ncc1C(F)(F)F. The average Bonchev–Trinajstić information content (AvgIpc) is 3.00. The summed E-state index contributed by atoms with van der Waals surface area (Å²) in [6.07, 6.45) is 3.86. The van der Waals surface area contributed by atoms with Gasteiger partial charge >= 0.3 is 6.18 Å². The molecule has 2 saturated heterocycles. The van der Waals surface area contributed by atoms with Crippen LogP contribution in [0.4, 0.5) is 24.9 Å². The van der Waals surface area contributed by atoms with Crippen molar-refractivity contribution in [1.29, 1.82) is 0 Å². The van der Waals surface area contributed by atoms with Crippen LogP contribution in [-0.4, -0.2) is 63.6 Å². The molecule has 3 aliphatic carbocycles. The molecule has 0 aromatic carbocycles. The van der Waals surface area contributed by atoms with Gasteiger partial charge in [0.2, 0.25) is 11.9 Å². The number of carbonyl (C=O) groups is 1. The Kier molecular flexibility index (Phi) is 5.17. The van der Waals surface area contributed by atoms with E-state index in [1.807, 2.05) is 12.3 Å². The standard InChI is InChI=1S/C24H27F3N6O2/c25-24(26,27)18-9-30-21(32-23-12-22(13-23,14-23)16-3-1-4-28-8-16)31-19(18)29-5-2-6-33-17-7-15(20(33)34)10-35-11-17/h1,3-4,8-9,15,17H,2,5-7,10-14H2,(H2,29,30,31,32). The molecule has 11 heteroatoms. The molecule has 2 aromatic heterocycles. The third-order valence-electron chi connectivity index (χ3n) is 7.90. The predicted octanol–water partition coefficient (Wildman–Crippen LogP) is 3.23. The quantitative estimate of drug-likeness (QED) is 0.552. The van der Waals surface area contributed by atoms with E-state index in [-0.39, 0.29) is 47.1 Å². The van der Waals surface area contributed by atoms with Crippen molar-refractivity contribution in [2.45, 2.75) is 55.3 Å². The number of fused-ring (bicyclic) bond motifs is 2. The van der Waals surface area contributed by atoms with Crippen molar-refractivity contribution in [3.05, 3.63) is 41.9 Å². The molecule has 2 aliphatic heterocycles. The van der Waals surface area contributed by atoms with Crippen LogP contribution in [0.25, 0.3) is 0 Å². The Balaban J connectivity index is 1.09. The number of pyridine rings is 1. The number of halogens is 3. The molecule has 5 fully saturated rings. The molecule has 2 N–H and O–H groups in total. The number of aromatic nitrogens is 3. The number of ether oxygens (including phenoxy) is 1. The molecule has 5 aliphatic rings. The number of amides is 1. The first-order valence-electron chi connectivity index (χ1n) is 12.0. The van der Waals surface area contributed by atoms with E-state index in [4.69, 9.17) is 4.74 Å². The zero-order chi connectivity index (χ0) is 24.3. The van der Waals surface area contributed by atoms with Crippen LogP contribution < -0.4 is 10.6 Å². The topological polar surface area (TPSA) is 92.3 Å². The lowest BCUT2D eigenvalue weighted by atomic mass is 9.37. The van der Waals surface area contributed by atoms with Gasteiger partial charge in [-0.25, -0.2) is 4.98 Å². The van der Waals surface area contributed by atoms with Gasteiger partial charge in [-0.3, -0.25) is 9.78 Å². The molecule has 8 nitrogen and oxygen atoms in total. The molecule has 0 spiro atoms. The summed E-state index contributed by atoms with van der Waals surface area (Å²) in [7, 11) is 0. The Morgan fingerprint density at radius 1 is 1.20 bits per heavy atom. The summed E-state index contributed by atoms with van der Waals surface area (Å²) >= 11 is 0. The smallest absolute Gasteiger partial charge is 0.378 e. The number of nitrogens with zero attached hydrogens (tertiary/aromatic N) is 4. The highest BCUT2D eigenvalue weighted by molar-refractivity contribution is 5.82. The zero-order valence-corrected chi connectivity index (χ0v) is 19.1. The van der Waals surface area contributed by atoms with Gasteiger partial charge in [0.15, 0.2) is 0 Å². The van der Waals surface area contributed by atoms with E-state index in [9.17, 15) is 18.0 Å². The van der Waals surface area contributed by atoms with Crippen LogP contribution in [0.5, 0.6) is 0 Å². The van der Waals surface area contributed by atoms with Crippen molar-refractivity contribution in [2.75, 3.05) is 36.9 Å². The van der Waals surface area contributed by atoms with E-state index in [2.05, 4.69) is 31.7 Å². The molecule has 186 valence electrons. The van der Waals surface area contributed by atoms with Gasteiger partial charge in [-0.1, -0.05) is 6.07 Å². The maximum Gasteiger partial charge on any atom is 0.421 e. The monoisotopic (exact) mass is 488 g/mol. The van der Waals surface area contributed by atoms with E-state index in [0.29, 0.717) is 26.2 Å². The second-order valence-corrected chi connectivity index (χ2v) is 10.3. The van der Waals surface area contributed by atoms with E-state index >= 15 is 0 Å². The molecule has 4 heterocycles. The first-order valence-corrected chi connectivity index (χ1v) is 12.0. The maximum atomic E-state index is 13.6. The van der Waals surface area contributed by atoms with Crippen LogP contribution in [0.15, 0.2) is 30.7 Å². The van der Waals surface area contributed by atoms with Crippen LogP contribution in [0, 0.1) is 5.92 Å². The summed E-state index contributed by atoms with van der Waals surface area (Å²) in [6, 6.07) is 4.07. The van der Waals surface area contributed by atoms with Gasteiger partial charge in [0.05, 0.1) is 25.2 Å². The Labute approximate surface area is 200 Å². The summed E-state index contributed by atoms with van der Waals surface area (Å²) in [4.78, 5) is 26.6. The normalized spacial score (nSPS) is 31.1. The molecule has 1 amide bonds. The molecule has 4 bridgehead atoms. The van der Waals surface area contributed by atoms with Gasteiger partial charge in [-0.05, 0) is 43.7 Å². The first-order chi connectivity index (χ1) is 16.8. The molecule has 2 aromatic rings. The fourth-order valence-electron chi connectivity index (χ4n) is 6.29. The summed E-state index contributed by atoms with van der Waals surface area (Å²) in [5, 5.41) is 6.12. The third kappa shape index (κ3) is 3.89. The van der Waals surface area contributed by atoms with E-state index in [1.54, 1.807) is 11.1 Å². The highest BCUT2D eigenvalue weighted by atomic mass is 19.4. The number of nitrogens with one attached hydrogen (secondary N) is 2. The summed E-state index contributed by atoms with van der Waals surface area (Å²) in [5.41, 5.74) is 0.230. The van der Waals surface area contributed by atoms with Gasteiger partial charge < -0.3 is 20.3 Å². The lowest BCUT2D eigenvalue weighted by Crippen LogP contribution is -2.73. The Bertz CT molecular complexity index is 1110. The van der Waals surface area contributed by atoms with E-state index < -0.39 is 11.7 Å². The minimum atomic E-state index is -4.57. The molecule has 0 radical (unpaired) electrons. The van der Waals surface area contributed by atoms with Gasteiger partial charge in [0, 0.05) is 42.6 Å². The third-order valence-corrected chi connectivity index (χ3v) is 7.90. The van der Waals surface area contributed by atoms with Crippen LogP contribution in [0.3, 0.4) is 0 Å². The van der Waals surface area contributed by atoms with E-state index in [1.165, 1.54) is 5.56 Å². The lowest BCUT2D eigenvalue weighted by molar-refractivity contribution is -0.137. The number of likely N-dealkylation sites (tertiary alicyclic amines) is 1. The van der Waals surface area contributed by atoms with Gasteiger partial charge in [0.1, 0.15) is 11.4 Å². The van der Waals surface area contributed by atoms with Crippen LogP contribution in [0.1, 0.15) is 43.2 Å². The predicted molar refractivity (Wildman–Crippen MR) is 121 cm³/mol. The van der Waals surface area contributed by atoms with Gasteiger partial charge in [0.25, 0.3) is 0 Å². The number of alkyl halides is 3. The summed E-state index contributed by atoms with van der Waals surface area (Å²) in [6.45, 7) is 1.73. The molecule has 2 unspecified atom stereocenters. The fraction of sp³-hybridized carbons (Fsp3) is 0.583. The van der Waals surface area contributed by atoms with Crippen LogP contribution >= 0.6 is 0 Å². The largest absolute Gasteiger partial charge is 0.421 e. The van der Waals surface area contributed by atoms with E-state index in [0.717, 1.165) is 31.9 Å². The van der Waals surface area contributed by atoms with Crippen LogP contribution in [0.2, 0.25) is 0 Å². The zero-order valence-electron chi connectivity index (χ0n) is 19.1. The number of hydrogen-bond acceptors (Lipinski definition) is 7. The van der Waals surface area contributed by atoms with Crippen molar-refractivity contribution in [3.8, 4) is 0 Å². The van der Waals surface area contributed by atoms with Crippen molar-refractivity contribution >= 4 is 17.7 Å². The first kappa shape index (κ1) is 22.5. The number of rotatable bonds is 8. The van der Waals surface area contributed by atoms with Crippen molar-refractivity contribution in [2.24, 2.45) is 5.92 Å². The number of anilines is 2. The molecule has 2 atom stereocenters. The molecule has 7 rings (SSSR count). The summed E-state index contributed by atoms with van der Waals surface area (Å²) in [5.74, 6) is -0.0398. The maximum absolute atomic E-state index is 13.6. The second kappa shape index (κ2) is 8.04. The number of hydrogen-bond donors (Lipinski definition) is 2. The second-order valence-electron chi connectivity index (χ2n) is 10.3. The minimum Gasteiger partial charge on any atom is -0.378 e. The molecular formula is C24H27F3N6O2. The van der Waals surface area contributed by atoms with Crippen LogP contribution in [-0.2, 0) is 21.1 Å². The minimum absolute atomic E-state index is 0.0739. The highest BCUT2D eigenvalue weighted by Crippen LogP contribution is 2.68. The van der Waals surface area contributed by atoms with Crippen molar-refractivity contribution in [1.82, 2.24) is 19.9 Å². The molecular weight excluding hydrogens is 461 g/mol. The highest BCUT2D eigenvalue weighted by Gasteiger charge is 2.68. The lowest BCUT2D eigenvalue weighted by Gasteiger charge is -2.70. The Morgan fingerprint density at radius 2 is 2.03 bits per heavy atom. The molecule has 3 saturated carbocycles. The summed E-state index contributed by atoms with van der Waals surface area (Å²) < 4.78 is 46.2. The molecule has 35 heavy (non-hydrogen) atoms. The Morgan fingerprint density at radius 3 is 2.74 bits per heavy atom. The Hall–Kier alpha value is -2.95. The van der Waals surface area contributed by atoms with Crippen molar-refractivity contribution in [3.63, 3.8) is 0 Å².